The summed E-state index contributed by atoms with van der Waals surface area (Å²) in [5.41, 5.74) is 4.81. The zero-order chi connectivity index (χ0) is 21.4. The minimum atomic E-state index is 0.0898. The normalized spacial score (nSPS) is 15.3. The van der Waals surface area contributed by atoms with Gasteiger partial charge in [-0.05, 0) is 67.4 Å². The van der Waals surface area contributed by atoms with Crippen molar-refractivity contribution in [3.63, 3.8) is 0 Å². The second-order valence-corrected chi connectivity index (χ2v) is 7.92. The lowest BCUT2D eigenvalue weighted by Gasteiger charge is -2.35. The van der Waals surface area contributed by atoms with E-state index in [1.54, 1.807) is 0 Å². The number of hydrogen-bond acceptors (Lipinski definition) is 6. The van der Waals surface area contributed by atoms with Gasteiger partial charge in [-0.15, -0.1) is 10.2 Å². The van der Waals surface area contributed by atoms with Crippen molar-refractivity contribution in [2.24, 2.45) is 0 Å². The summed E-state index contributed by atoms with van der Waals surface area (Å²) in [6, 6.07) is 15.6. The van der Waals surface area contributed by atoms with Gasteiger partial charge in [-0.25, -0.2) is 0 Å². The van der Waals surface area contributed by atoms with E-state index in [0.29, 0.717) is 13.1 Å². The third kappa shape index (κ3) is 3.79. The van der Waals surface area contributed by atoms with Gasteiger partial charge in [0.15, 0.2) is 17.3 Å². The fourth-order valence-electron chi connectivity index (χ4n) is 3.90. The van der Waals surface area contributed by atoms with Gasteiger partial charge in [0.2, 0.25) is 6.79 Å². The van der Waals surface area contributed by atoms with Crippen LogP contribution in [-0.2, 0) is 0 Å². The molecule has 0 atom stereocenters. The molecular formula is C24H24N4O3. The molecule has 0 saturated carbocycles. The summed E-state index contributed by atoms with van der Waals surface area (Å²) in [5.74, 6) is 2.39. The Kier molecular flexibility index (Phi) is 4.94. The highest BCUT2D eigenvalue weighted by atomic mass is 16.7. The summed E-state index contributed by atoms with van der Waals surface area (Å²) in [6.07, 6.45) is 0. The molecule has 0 spiro atoms. The van der Waals surface area contributed by atoms with Gasteiger partial charge >= 0.3 is 0 Å². The Bertz CT molecular complexity index is 1120. The van der Waals surface area contributed by atoms with E-state index in [1.807, 2.05) is 60.4 Å². The summed E-state index contributed by atoms with van der Waals surface area (Å²) in [4.78, 5) is 16.9. The molecule has 1 aromatic heterocycles. The highest BCUT2D eigenvalue weighted by Gasteiger charge is 2.23. The van der Waals surface area contributed by atoms with Crippen LogP contribution < -0.4 is 14.4 Å². The van der Waals surface area contributed by atoms with Crippen molar-refractivity contribution in [3.05, 3.63) is 65.2 Å². The monoisotopic (exact) mass is 416 g/mol. The number of fused-ring (bicyclic) bond motifs is 1. The summed E-state index contributed by atoms with van der Waals surface area (Å²) in [5, 5.41) is 8.82. The van der Waals surface area contributed by atoms with Gasteiger partial charge in [0.1, 0.15) is 0 Å². The number of benzene rings is 2. The molecule has 158 valence electrons. The van der Waals surface area contributed by atoms with Crippen LogP contribution in [0.2, 0.25) is 0 Å². The van der Waals surface area contributed by atoms with Gasteiger partial charge in [0.05, 0.1) is 5.69 Å². The van der Waals surface area contributed by atoms with Crippen LogP contribution in [0.3, 0.4) is 0 Å². The maximum absolute atomic E-state index is 12.8. The van der Waals surface area contributed by atoms with Crippen molar-refractivity contribution in [2.45, 2.75) is 13.8 Å². The maximum atomic E-state index is 12.8. The van der Waals surface area contributed by atoms with Gasteiger partial charge in [-0.3, -0.25) is 4.79 Å². The Hall–Kier alpha value is -3.61. The van der Waals surface area contributed by atoms with Crippen LogP contribution in [0.5, 0.6) is 11.5 Å². The molecule has 0 unspecified atom stereocenters. The zero-order valence-electron chi connectivity index (χ0n) is 17.7. The molecule has 2 aromatic carbocycles. The standard InChI is InChI=1S/C24H24N4O3/c1-16-3-4-19(13-17(16)2)24(29)28-11-9-27(10-12-28)23-8-6-20(25-26-23)18-5-7-21-22(14-18)31-15-30-21/h3-8,13-14H,9-12,15H2,1-2H3. The molecule has 0 radical (unpaired) electrons. The number of carbonyl (C=O) groups is 1. The quantitative estimate of drug-likeness (QED) is 0.652. The first-order chi connectivity index (χ1) is 15.1. The third-order valence-electron chi connectivity index (χ3n) is 5.96. The molecule has 2 aliphatic rings. The summed E-state index contributed by atoms with van der Waals surface area (Å²) in [7, 11) is 0. The smallest absolute Gasteiger partial charge is 0.253 e. The number of aromatic nitrogens is 2. The first-order valence-electron chi connectivity index (χ1n) is 10.4. The van der Waals surface area contributed by atoms with Gasteiger partial charge in [-0.1, -0.05) is 6.07 Å². The first-order valence-corrected chi connectivity index (χ1v) is 10.4. The second-order valence-electron chi connectivity index (χ2n) is 7.92. The molecule has 3 aromatic rings. The fourth-order valence-corrected chi connectivity index (χ4v) is 3.90. The zero-order valence-corrected chi connectivity index (χ0v) is 17.7. The second kappa shape index (κ2) is 7.91. The minimum absolute atomic E-state index is 0.0898. The highest BCUT2D eigenvalue weighted by molar-refractivity contribution is 5.94. The number of piperazine rings is 1. The van der Waals surface area contributed by atoms with Gasteiger partial charge in [0.25, 0.3) is 5.91 Å². The molecule has 5 rings (SSSR count). The van der Waals surface area contributed by atoms with E-state index in [-0.39, 0.29) is 12.7 Å². The highest BCUT2D eigenvalue weighted by Crippen LogP contribution is 2.35. The lowest BCUT2D eigenvalue weighted by molar-refractivity contribution is 0.0746. The molecule has 7 heteroatoms. The molecule has 1 saturated heterocycles. The molecular weight excluding hydrogens is 392 g/mol. The Morgan fingerprint density at radius 1 is 0.839 bits per heavy atom. The van der Waals surface area contributed by atoms with E-state index < -0.39 is 0 Å². The summed E-state index contributed by atoms with van der Waals surface area (Å²) in [6.45, 7) is 7.14. The number of nitrogens with zero attached hydrogens (tertiary/aromatic N) is 4. The number of hydrogen-bond donors (Lipinski definition) is 0. The summed E-state index contributed by atoms with van der Waals surface area (Å²) < 4.78 is 10.8. The molecule has 0 N–H and O–H groups in total. The maximum Gasteiger partial charge on any atom is 0.253 e. The number of ether oxygens (including phenoxy) is 2. The van der Waals surface area contributed by atoms with Crippen LogP contribution in [0.25, 0.3) is 11.3 Å². The van der Waals surface area contributed by atoms with Crippen LogP contribution in [-0.4, -0.2) is 54.0 Å². The van der Waals surface area contributed by atoms with Crippen LogP contribution >= 0.6 is 0 Å². The van der Waals surface area contributed by atoms with Crippen LogP contribution in [0.15, 0.2) is 48.5 Å². The van der Waals surface area contributed by atoms with Gasteiger partial charge < -0.3 is 19.3 Å². The number of anilines is 1. The largest absolute Gasteiger partial charge is 0.454 e. The minimum Gasteiger partial charge on any atom is -0.454 e. The van der Waals surface area contributed by atoms with Crippen molar-refractivity contribution in [1.29, 1.82) is 0 Å². The molecule has 0 bridgehead atoms. The van der Waals surface area contributed by atoms with Crippen LogP contribution in [0.4, 0.5) is 5.82 Å². The Morgan fingerprint density at radius 3 is 2.39 bits per heavy atom. The lowest BCUT2D eigenvalue weighted by Crippen LogP contribution is -2.49. The van der Waals surface area contributed by atoms with E-state index in [4.69, 9.17) is 9.47 Å². The van der Waals surface area contributed by atoms with Gasteiger partial charge in [-0.2, -0.15) is 0 Å². The molecule has 2 aliphatic heterocycles. The van der Waals surface area contributed by atoms with E-state index in [1.165, 1.54) is 5.56 Å². The predicted octanol–water partition coefficient (Wildman–Crippen LogP) is 3.45. The Morgan fingerprint density at radius 2 is 1.65 bits per heavy atom. The van der Waals surface area contributed by atoms with Crippen molar-refractivity contribution in [2.75, 3.05) is 37.9 Å². The molecule has 1 amide bonds. The van der Waals surface area contributed by atoms with Gasteiger partial charge in [0, 0.05) is 37.3 Å². The molecule has 0 aliphatic carbocycles. The fraction of sp³-hybridized carbons (Fsp3) is 0.292. The van der Waals surface area contributed by atoms with Crippen LogP contribution in [0, 0.1) is 13.8 Å². The third-order valence-corrected chi connectivity index (χ3v) is 5.96. The number of aryl methyl sites for hydroxylation is 2. The van der Waals surface area contributed by atoms with E-state index in [0.717, 1.165) is 52.8 Å². The number of rotatable bonds is 3. The molecule has 3 heterocycles. The van der Waals surface area contributed by atoms with E-state index >= 15 is 0 Å². The van der Waals surface area contributed by atoms with Crippen molar-refractivity contribution in [3.8, 4) is 22.8 Å². The number of carbonyl (C=O) groups excluding carboxylic acids is 1. The average Bonchev–Trinajstić information content (AvgIpc) is 3.29. The first kappa shape index (κ1) is 19.4. The average molecular weight is 416 g/mol. The van der Waals surface area contributed by atoms with Crippen molar-refractivity contribution < 1.29 is 14.3 Å². The van der Waals surface area contributed by atoms with E-state index in [2.05, 4.69) is 22.0 Å². The van der Waals surface area contributed by atoms with Crippen molar-refractivity contribution >= 4 is 11.7 Å². The molecule has 1 fully saturated rings. The molecule has 31 heavy (non-hydrogen) atoms. The van der Waals surface area contributed by atoms with Crippen molar-refractivity contribution in [1.82, 2.24) is 15.1 Å². The Balaban J connectivity index is 1.23. The SMILES string of the molecule is Cc1ccc(C(=O)N2CCN(c3ccc(-c4ccc5c(c4)OCO5)nn3)CC2)cc1C. The lowest BCUT2D eigenvalue weighted by atomic mass is 10.1. The topological polar surface area (TPSA) is 67.8 Å². The molecule has 7 nitrogen and oxygen atoms in total. The number of amides is 1. The van der Waals surface area contributed by atoms with E-state index in [9.17, 15) is 4.79 Å². The van der Waals surface area contributed by atoms with Crippen LogP contribution in [0.1, 0.15) is 21.5 Å². The Labute approximate surface area is 181 Å². The summed E-state index contributed by atoms with van der Waals surface area (Å²) >= 11 is 0. The predicted molar refractivity (Wildman–Crippen MR) is 118 cm³/mol.